The predicted molar refractivity (Wildman–Crippen MR) is 71.1 cm³/mol. The largest absolute Gasteiger partial charge is 0.507 e. The number of hydrogen-bond acceptors (Lipinski definition) is 3. The molecule has 2 N–H and O–H groups in total. The van der Waals surface area contributed by atoms with Crippen molar-refractivity contribution in [2.45, 2.75) is 12.2 Å². The van der Waals surface area contributed by atoms with Crippen LogP contribution in [0.3, 0.4) is 0 Å². The number of phenols is 1. The van der Waals surface area contributed by atoms with Crippen molar-refractivity contribution in [1.82, 2.24) is 5.32 Å². The van der Waals surface area contributed by atoms with E-state index in [1.54, 1.807) is 23.9 Å². The normalized spacial score (nSPS) is 12.2. The molecule has 88 valence electrons. The van der Waals surface area contributed by atoms with Gasteiger partial charge in [0.2, 0.25) is 0 Å². The van der Waals surface area contributed by atoms with E-state index >= 15 is 0 Å². The quantitative estimate of drug-likeness (QED) is 0.899. The summed E-state index contributed by atoms with van der Waals surface area (Å²) in [6, 6.07) is 4.77. The van der Waals surface area contributed by atoms with E-state index in [9.17, 15) is 9.90 Å². The number of rotatable bonds is 4. The molecule has 0 bridgehead atoms. The van der Waals surface area contributed by atoms with Crippen LogP contribution in [0.1, 0.15) is 17.3 Å². The number of phenolic OH excluding ortho intramolecular Hbond substituents is 1. The Morgan fingerprint density at radius 3 is 2.88 bits per heavy atom. The molecule has 0 saturated carbocycles. The van der Waals surface area contributed by atoms with Crippen LogP contribution in [0.4, 0.5) is 0 Å². The fourth-order valence-corrected chi connectivity index (χ4v) is 1.57. The highest BCUT2D eigenvalue weighted by Gasteiger charge is 2.09. The van der Waals surface area contributed by atoms with Crippen molar-refractivity contribution in [3.8, 4) is 5.75 Å². The number of carbonyl (C=O) groups excluding carboxylic acids is 1. The number of halogens is 1. The Morgan fingerprint density at radius 2 is 2.31 bits per heavy atom. The molecule has 16 heavy (non-hydrogen) atoms. The molecule has 1 unspecified atom stereocenters. The zero-order valence-electron chi connectivity index (χ0n) is 9.16. The van der Waals surface area contributed by atoms with Crippen molar-refractivity contribution < 1.29 is 9.90 Å². The lowest BCUT2D eigenvalue weighted by molar-refractivity contribution is 0.0953. The third kappa shape index (κ3) is 3.72. The van der Waals surface area contributed by atoms with Gasteiger partial charge in [-0.2, -0.15) is 11.8 Å². The number of aromatic hydroxyl groups is 1. The van der Waals surface area contributed by atoms with E-state index in [1.165, 1.54) is 6.07 Å². The Bertz CT molecular complexity index is 384. The Labute approximate surface area is 108 Å². The molecule has 1 aromatic carbocycles. The standard InChI is InChI=1S/C11H14BrNO2S/c1-7(16-2)6-13-11(15)8-3-4-9(12)10(14)5-8/h3-5,7,14H,6H2,1-2H3,(H,13,15). The summed E-state index contributed by atoms with van der Waals surface area (Å²) < 4.78 is 0.585. The van der Waals surface area contributed by atoms with E-state index in [4.69, 9.17) is 0 Å². The zero-order valence-corrected chi connectivity index (χ0v) is 11.6. The topological polar surface area (TPSA) is 49.3 Å². The van der Waals surface area contributed by atoms with Gasteiger partial charge in [0, 0.05) is 17.4 Å². The van der Waals surface area contributed by atoms with Gasteiger partial charge in [-0.3, -0.25) is 4.79 Å². The van der Waals surface area contributed by atoms with Gasteiger partial charge in [-0.05, 0) is 40.4 Å². The molecule has 0 aliphatic rings. The fourth-order valence-electron chi connectivity index (χ4n) is 1.08. The summed E-state index contributed by atoms with van der Waals surface area (Å²) in [5, 5.41) is 12.6. The minimum atomic E-state index is -0.163. The Kier molecular flexibility index (Phi) is 5.15. The second kappa shape index (κ2) is 6.15. The lowest BCUT2D eigenvalue weighted by atomic mass is 10.2. The van der Waals surface area contributed by atoms with E-state index in [2.05, 4.69) is 21.2 Å². The predicted octanol–water partition coefficient (Wildman–Crippen LogP) is 2.64. The Hall–Kier alpha value is -0.680. The van der Waals surface area contributed by atoms with Crippen LogP contribution in [0.15, 0.2) is 22.7 Å². The van der Waals surface area contributed by atoms with Crippen LogP contribution in [-0.2, 0) is 0 Å². The third-order valence-electron chi connectivity index (χ3n) is 2.16. The van der Waals surface area contributed by atoms with Crippen molar-refractivity contribution in [1.29, 1.82) is 0 Å². The van der Waals surface area contributed by atoms with Gasteiger partial charge in [0.25, 0.3) is 5.91 Å². The minimum Gasteiger partial charge on any atom is -0.507 e. The van der Waals surface area contributed by atoms with E-state index in [0.717, 1.165) is 0 Å². The monoisotopic (exact) mass is 303 g/mol. The van der Waals surface area contributed by atoms with Gasteiger partial charge in [0.05, 0.1) is 4.47 Å². The molecule has 0 saturated heterocycles. The van der Waals surface area contributed by atoms with Crippen molar-refractivity contribution >= 4 is 33.6 Å². The SMILES string of the molecule is CSC(C)CNC(=O)c1ccc(Br)c(O)c1. The van der Waals surface area contributed by atoms with E-state index in [0.29, 0.717) is 21.8 Å². The highest BCUT2D eigenvalue weighted by Crippen LogP contribution is 2.24. The minimum absolute atomic E-state index is 0.0746. The van der Waals surface area contributed by atoms with E-state index in [1.807, 2.05) is 13.2 Å². The second-order valence-corrected chi connectivity index (χ2v) is 5.55. The van der Waals surface area contributed by atoms with Crippen LogP contribution in [0.2, 0.25) is 0 Å². The molecule has 3 nitrogen and oxygen atoms in total. The first-order valence-corrected chi connectivity index (χ1v) is 6.92. The Balaban J connectivity index is 2.63. The van der Waals surface area contributed by atoms with Crippen LogP contribution in [0.5, 0.6) is 5.75 Å². The zero-order chi connectivity index (χ0) is 12.1. The molecule has 5 heteroatoms. The van der Waals surface area contributed by atoms with Crippen molar-refractivity contribution in [3.05, 3.63) is 28.2 Å². The molecular weight excluding hydrogens is 290 g/mol. The van der Waals surface area contributed by atoms with Gasteiger partial charge < -0.3 is 10.4 Å². The summed E-state index contributed by atoms with van der Waals surface area (Å²) in [5.74, 6) is -0.0886. The first-order chi connectivity index (χ1) is 7.54. The maximum Gasteiger partial charge on any atom is 0.251 e. The van der Waals surface area contributed by atoms with Crippen molar-refractivity contribution in [3.63, 3.8) is 0 Å². The lowest BCUT2D eigenvalue weighted by Crippen LogP contribution is -2.29. The van der Waals surface area contributed by atoms with Gasteiger partial charge in [-0.1, -0.05) is 6.92 Å². The first-order valence-electron chi connectivity index (χ1n) is 4.84. The molecule has 0 aliphatic heterocycles. The fraction of sp³-hybridized carbons (Fsp3) is 0.364. The summed E-state index contributed by atoms with van der Waals surface area (Å²) in [7, 11) is 0. The van der Waals surface area contributed by atoms with Gasteiger partial charge in [-0.15, -0.1) is 0 Å². The number of thioether (sulfide) groups is 1. The van der Waals surface area contributed by atoms with Crippen LogP contribution in [-0.4, -0.2) is 29.1 Å². The highest BCUT2D eigenvalue weighted by molar-refractivity contribution is 9.10. The molecule has 0 aromatic heterocycles. The van der Waals surface area contributed by atoms with Gasteiger partial charge in [0.15, 0.2) is 0 Å². The highest BCUT2D eigenvalue weighted by atomic mass is 79.9. The molecule has 0 radical (unpaired) electrons. The molecule has 0 fully saturated rings. The summed E-state index contributed by atoms with van der Waals surface area (Å²) in [6.45, 7) is 2.67. The molecule has 0 heterocycles. The molecular formula is C11H14BrNO2S. The van der Waals surface area contributed by atoms with Crippen LogP contribution < -0.4 is 5.32 Å². The van der Waals surface area contributed by atoms with Crippen LogP contribution >= 0.6 is 27.7 Å². The maximum absolute atomic E-state index is 11.7. The summed E-state index contributed by atoms with van der Waals surface area (Å²) in [4.78, 5) is 11.7. The van der Waals surface area contributed by atoms with Crippen LogP contribution in [0.25, 0.3) is 0 Å². The number of amides is 1. The second-order valence-electron chi connectivity index (χ2n) is 3.42. The average molecular weight is 304 g/mol. The lowest BCUT2D eigenvalue weighted by Gasteiger charge is -2.10. The van der Waals surface area contributed by atoms with E-state index < -0.39 is 0 Å². The summed E-state index contributed by atoms with van der Waals surface area (Å²) in [5.41, 5.74) is 0.467. The third-order valence-corrected chi connectivity index (χ3v) is 3.80. The number of benzene rings is 1. The molecule has 0 spiro atoms. The van der Waals surface area contributed by atoms with Gasteiger partial charge in [0.1, 0.15) is 5.75 Å². The number of nitrogens with one attached hydrogen (secondary N) is 1. The number of carbonyl (C=O) groups is 1. The summed E-state index contributed by atoms with van der Waals surface area (Å²) >= 11 is 4.86. The maximum atomic E-state index is 11.7. The molecule has 1 amide bonds. The van der Waals surface area contributed by atoms with E-state index in [-0.39, 0.29) is 11.7 Å². The van der Waals surface area contributed by atoms with Crippen molar-refractivity contribution in [2.75, 3.05) is 12.8 Å². The van der Waals surface area contributed by atoms with Gasteiger partial charge in [-0.25, -0.2) is 0 Å². The summed E-state index contributed by atoms with van der Waals surface area (Å²) in [6.07, 6.45) is 2.00. The average Bonchev–Trinajstić information content (AvgIpc) is 2.29. The Morgan fingerprint density at radius 1 is 1.62 bits per heavy atom. The smallest absolute Gasteiger partial charge is 0.251 e. The molecule has 1 atom stereocenters. The molecule has 0 aliphatic carbocycles. The van der Waals surface area contributed by atoms with Crippen molar-refractivity contribution in [2.24, 2.45) is 0 Å². The van der Waals surface area contributed by atoms with Crippen LogP contribution in [0, 0.1) is 0 Å². The number of hydrogen-bond donors (Lipinski definition) is 2. The molecule has 1 rings (SSSR count). The van der Waals surface area contributed by atoms with Gasteiger partial charge >= 0.3 is 0 Å². The molecule has 1 aromatic rings. The first kappa shape index (κ1) is 13.4.